The van der Waals surface area contributed by atoms with E-state index in [9.17, 15) is 9.90 Å². The van der Waals surface area contributed by atoms with Gasteiger partial charge in [0.15, 0.2) is 0 Å². The molecular weight excluding hydrogens is 448 g/mol. The van der Waals surface area contributed by atoms with Gasteiger partial charge in [-0.1, -0.05) is 122 Å². The molecule has 0 saturated carbocycles. The minimum Gasteiger partial charge on any atom is -0.457 e. The molecule has 0 amide bonds. The second-order valence-electron chi connectivity index (χ2n) is 10.2. The highest BCUT2D eigenvalue weighted by molar-refractivity contribution is 5.69. The van der Waals surface area contributed by atoms with Crippen LogP contribution in [-0.2, 0) is 14.3 Å². The maximum atomic E-state index is 12.0. The summed E-state index contributed by atoms with van der Waals surface area (Å²) < 4.78 is 11.0. The Bertz CT molecular complexity index is 500. The van der Waals surface area contributed by atoms with Gasteiger partial charge in [0.1, 0.15) is 6.10 Å². The fourth-order valence-electron chi connectivity index (χ4n) is 4.18. The highest BCUT2D eigenvalue weighted by Gasteiger charge is 2.13. The van der Waals surface area contributed by atoms with E-state index >= 15 is 0 Å². The average molecular weight is 509 g/mol. The number of hydrogen-bond acceptors (Lipinski definition) is 4. The molecule has 0 aliphatic rings. The van der Waals surface area contributed by atoms with Gasteiger partial charge in [0.05, 0.1) is 13.2 Å². The molecule has 0 heterocycles. The fourth-order valence-corrected chi connectivity index (χ4v) is 4.18. The van der Waals surface area contributed by atoms with E-state index in [4.69, 9.17) is 9.47 Å². The van der Waals surface area contributed by atoms with Gasteiger partial charge in [-0.3, -0.25) is 4.79 Å². The van der Waals surface area contributed by atoms with Crippen molar-refractivity contribution >= 4 is 5.97 Å². The average Bonchev–Trinajstić information content (AvgIpc) is 2.88. The zero-order valence-corrected chi connectivity index (χ0v) is 24.0. The molecule has 212 valence electrons. The van der Waals surface area contributed by atoms with Gasteiger partial charge in [-0.2, -0.15) is 0 Å². The zero-order valence-electron chi connectivity index (χ0n) is 24.0. The number of carbonyl (C=O) groups excluding carboxylic acids is 1. The van der Waals surface area contributed by atoms with Gasteiger partial charge in [-0.05, 0) is 44.9 Å². The van der Waals surface area contributed by atoms with E-state index in [0.29, 0.717) is 19.6 Å². The SMILES string of the molecule is CCCCCC/C=C\C/C=C\CCCCCCCCCC(=O)OC(CO)COCCCCCCCC. The summed E-state index contributed by atoms with van der Waals surface area (Å²) in [6.07, 6.45) is 33.5. The van der Waals surface area contributed by atoms with Crippen molar-refractivity contribution in [2.75, 3.05) is 19.8 Å². The summed E-state index contributed by atoms with van der Waals surface area (Å²) in [4.78, 5) is 12.0. The molecule has 1 N–H and O–H groups in total. The molecule has 0 rings (SSSR count). The van der Waals surface area contributed by atoms with Gasteiger partial charge in [-0.25, -0.2) is 0 Å². The van der Waals surface area contributed by atoms with Crippen LogP contribution in [0.1, 0.15) is 149 Å². The number of aliphatic hydroxyl groups is 1. The standard InChI is InChI=1S/C32H60O4/c1-3-5-7-9-11-12-13-14-15-16-17-18-19-20-21-22-23-25-27-32(34)36-31(29-33)30-35-28-26-24-10-8-6-4-2/h12-13,15-16,31,33H,3-11,14,17-30H2,1-2H3/b13-12-,16-15-. The molecule has 0 spiro atoms. The van der Waals surface area contributed by atoms with Crippen LogP contribution in [0.15, 0.2) is 24.3 Å². The van der Waals surface area contributed by atoms with Crippen LogP contribution in [-0.4, -0.2) is 37.0 Å². The number of aliphatic hydroxyl groups excluding tert-OH is 1. The number of ether oxygens (including phenoxy) is 2. The van der Waals surface area contributed by atoms with Crippen molar-refractivity contribution in [2.24, 2.45) is 0 Å². The number of allylic oxidation sites excluding steroid dienone is 4. The molecule has 4 nitrogen and oxygen atoms in total. The summed E-state index contributed by atoms with van der Waals surface area (Å²) in [6.45, 7) is 5.27. The van der Waals surface area contributed by atoms with Crippen LogP contribution in [0.4, 0.5) is 0 Å². The molecule has 1 unspecified atom stereocenters. The molecular formula is C32H60O4. The number of rotatable bonds is 28. The summed E-state index contributed by atoms with van der Waals surface area (Å²) in [7, 11) is 0. The molecule has 0 aromatic carbocycles. The summed E-state index contributed by atoms with van der Waals surface area (Å²) in [5.74, 6) is -0.213. The van der Waals surface area contributed by atoms with Crippen LogP contribution in [0.3, 0.4) is 0 Å². The normalized spacial score (nSPS) is 12.6. The van der Waals surface area contributed by atoms with E-state index in [2.05, 4.69) is 38.2 Å². The summed E-state index contributed by atoms with van der Waals surface area (Å²) >= 11 is 0. The quantitative estimate of drug-likeness (QED) is 0.0650. The second kappa shape index (κ2) is 30.1. The van der Waals surface area contributed by atoms with Gasteiger partial charge in [-0.15, -0.1) is 0 Å². The predicted molar refractivity (Wildman–Crippen MR) is 154 cm³/mol. The summed E-state index contributed by atoms with van der Waals surface area (Å²) in [5, 5.41) is 9.44. The maximum Gasteiger partial charge on any atom is 0.306 e. The number of unbranched alkanes of at least 4 members (excludes halogenated alkanes) is 16. The second-order valence-corrected chi connectivity index (χ2v) is 10.2. The van der Waals surface area contributed by atoms with E-state index in [1.807, 2.05) is 0 Å². The van der Waals surface area contributed by atoms with Crippen molar-refractivity contribution in [2.45, 2.75) is 155 Å². The highest BCUT2D eigenvalue weighted by Crippen LogP contribution is 2.11. The molecule has 0 bridgehead atoms. The Morgan fingerprint density at radius 1 is 0.667 bits per heavy atom. The monoisotopic (exact) mass is 508 g/mol. The minimum absolute atomic E-state index is 0.173. The topological polar surface area (TPSA) is 55.8 Å². The lowest BCUT2D eigenvalue weighted by molar-refractivity contribution is -0.154. The van der Waals surface area contributed by atoms with Crippen LogP contribution >= 0.6 is 0 Å². The lowest BCUT2D eigenvalue weighted by atomic mass is 10.1. The van der Waals surface area contributed by atoms with Gasteiger partial charge >= 0.3 is 5.97 Å². The lowest BCUT2D eigenvalue weighted by Gasteiger charge is -2.15. The van der Waals surface area contributed by atoms with E-state index in [1.54, 1.807) is 0 Å². The first-order valence-electron chi connectivity index (χ1n) is 15.4. The molecule has 36 heavy (non-hydrogen) atoms. The minimum atomic E-state index is -0.529. The van der Waals surface area contributed by atoms with Crippen LogP contribution in [0.25, 0.3) is 0 Å². The van der Waals surface area contributed by atoms with Crippen molar-refractivity contribution in [1.82, 2.24) is 0 Å². The molecule has 0 radical (unpaired) electrons. The largest absolute Gasteiger partial charge is 0.457 e. The Balaban J connectivity index is 3.46. The molecule has 0 aliphatic heterocycles. The third-order valence-electron chi connectivity index (χ3n) is 6.53. The molecule has 4 heteroatoms. The molecule has 0 aromatic heterocycles. The van der Waals surface area contributed by atoms with Gasteiger partial charge in [0.2, 0.25) is 0 Å². The fraction of sp³-hybridized carbons (Fsp3) is 0.844. The first-order valence-corrected chi connectivity index (χ1v) is 15.4. The Hall–Kier alpha value is -1.13. The van der Waals surface area contributed by atoms with Crippen LogP contribution in [0, 0.1) is 0 Å². The van der Waals surface area contributed by atoms with Gasteiger partial charge < -0.3 is 14.6 Å². The number of carbonyl (C=O) groups is 1. The smallest absolute Gasteiger partial charge is 0.306 e. The molecule has 1 atom stereocenters. The maximum absolute atomic E-state index is 12.0. The Morgan fingerprint density at radius 2 is 1.17 bits per heavy atom. The van der Waals surface area contributed by atoms with Crippen LogP contribution < -0.4 is 0 Å². The van der Waals surface area contributed by atoms with Gasteiger partial charge in [0.25, 0.3) is 0 Å². The van der Waals surface area contributed by atoms with Crippen LogP contribution in [0.2, 0.25) is 0 Å². The Kier molecular flexibility index (Phi) is 29.2. The number of esters is 1. The van der Waals surface area contributed by atoms with Crippen molar-refractivity contribution in [3.63, 3.8) is 0 Å². The first-order chi connectivity index (χ1) is 17.7. The van der Waals surface area contributed by atoms with Crippen molar-refractivity contribution < 1.29 is 19.4 Å². The molecule has 0 aromatic rings. The highest BCUT2D eigenvalue weighted by atomic mass is 16.6. The third-order valence-corrected chi connectivity index (χ3v) is 6.53. The lowest BCUT2D eigenvalue weighted by Crippen LogP contribution is -2.27. The number of hydrogen-bond donors (Lipinski definition) is 1. The molecule has 0 saturated heterocycles. The summed E-state index contributed by atoms with van der Waals surface area (Å²) in [6, 6.07) is 0. The molecule has 0 fully saturated rings. The predicted octanol–water partition coefficient (Wildman–Crippen LogP) is 9.25. The van der Waals surface area contributed by atoms with Crippen LogP contribution in [0.5, 0.6) is 0 Å². The van der Waals surface area contributed by atoms with Crippen molar-refractivity contribution in [3.8, 4) is 0 Å². The Morgan fingerprint density at radius 3 is 1.75 bits per heavy atom. The van der Waals surface area contributed by atoms with Crippen molar-refractivity contribution in [1.29, 1.82) is 0 Å². The van der Waals surface area contributed by atoms with Crippen molar-refractivity contribution in [3.05, 3.63) is 24.3 Å². The first kappa shape index (κ1) is 34.9. The van der Waals surface area contributed by atoms with E-state index in [-0.39, 0.29) is 12.6 Å². The third kappa shape index (κ3) is 27.5. The molecule has 0 aliphatic carbocycles. The van der Waals surface area contributed by atoms with Gasteiger partial charge in [0, 0.05) is 13.0 Å². The van der Waals surface area contributed by atoms with E-state index in [1.165, 1.54) is 103 Å². The summed E-state index contributed by atoms with van der Waals surface area (Å²) in [5.41, 5.74) is 0. The van der Waals surface area contributed by atoms with E-state index in [0.717, 1.165) is 25.7 Å². The van der Waals surface area contributed by atoms with E-state index < -0.39 is 6.10 Å². The Labute approximate surface area is 224 Å². The zero-order chi connectivity index (χ0) is 26.4.